The van der Waals surface area contributed by atoms with E-state index in [1.54, 1.807) is 0 Å². The number of fused-ring (bicyclic) bond motifs is 1. The quantitative estimate of drug-likeness (QED) is 0.638. The van der Waals surface area contributed by atoms with Gasteiger partial charge in [0.05, 0.1) is 0 Å². The second-order valence-electron chi connectivity index (χ2n) is 5.35. The number of aromatic amines is 1. The van der Waals surface area contributed by atoms with Gasteiger partial charge in [-0.05, 0) is 60.3 Å². The Morgan fingerprint density at radius 1 is 1.14 bits per heavy atom. The van der Waals surface area contributed by atoms with Gasteiger partial charge in [0, 0.05) is 23.9 Å². The molecule has 0 bridgehead atoms. The average Bonchev–Trinajstić information content (AvgIpc) is 2.97. The van der Waals surface area contributed by atoms with Crippen molar-refractivity contribution in [3.8, 4) is 0 Å². The fourth-order valence-corrected chi connectivity index (χ4v) is 2.66. The van der Waals surface area contributed by atoms with E-state index in [0.717, 1.165) is 18.7 Å². The predicted molar refractivity (Wildman–Crippen MR) is 97.4 cm³/mol. The van der Waals surface area contributed by atoms with Crippen LogP contribution in [0.4, 0.5) is 5.69 Å². The van der Waals surface area contributed by atoms with E-state index in [-0.39, 0.29) is 0 Å². The first kappa shape index (κ1) is 14.6. The third kappa shape index (κ3) is 3.46. The molecule has 3 rings (SSSR count). The minimum Gasteiger partial charge on any atom is -0.362 e. The molecule has 0 saturated heterocycles. The SMILES string of the molecule is Cc1ccccc1NC(=S)NCCc1ccc2cc[nH]c2c1. The number of para-hydroxylation sites is 1. The standard InChI is InChI=1S/C18H19N3S/c1-13-4-2-3-5-16(13)21-18(22)20-10-8-14-6-7-15-9-11-19-17(15)12-14/h2-7,9,11-12,19H,8,10H2,1H3,(H2,20,21,22). The molecule has 2 aromatic carbocycles. The molecule has 0 aliphatic rings. The molecule has 1 heterocycles. The van der Waals surface area contributed by atoms with Gasteiger partial charge in [0.25, 0.3) is 0 Å². The summed E-state index contributed by atoms with van der Waals surface area (Å²) in [6.07, 6.45) is 2.90. The van der Waals surface area contributed by atoms with Gasteiger partial charge >= 0.3 is 0 Å². The molecule has 1 aromatic heterocycles. The minimum absolute atomic E-state index is 0.662. The number of rotatable bonds is 4. The Hall–Kier alpha value is -2.33. The van der Waals surface area contributed by atoms with Crippen LogP contribution in [0.5, 0.6) is 0 Å². The first-order chi connectivity index (χ1) is 10.7. The molecule has 0 spiro atoms. The number of H-pyrrole nitrogens is 1. The summed E-state index contributed by atoms with van der Waals surface area (Å²) in [5.74, 6) is 0. The molecular formula is C18H19N3S. The predicted octanol–water partition coefficient (Wildman–Crippen LogP) is 4.01. The molecule has 0 fully saturated rings. The monoisotopic (exact) mass is 309 g/mol. The van der Waals surface area contributed by atoms with Crippen LogP contribution in [0, 0.1) is 6.92 Å². The number of benzene rings is 2. The van der Waals surface area contributed by atoms with Gasteiger partial charge in [-0.15, -0.1) is 0 Å². The molecule has 112 valence electrons. The Morgan fingerprint density at radius 2 is 2.00 bits per heavy atom. The summed E-state index contributed by atoms with van der Waals surface area (Å²) < 4.78 is 0. The van der Waals surface area contributed by atoms with Crippen molar-refractivity contribution in [3.63, 3.8) is 0 Å². The maximum absolute atomic E-state index is 5.35. The number of thiocarbonyl (C=S) groups is 1. The van der Waals surface area contributed by atoms with Gasteiger partial charge in [-0.25, -0.2) is 0 Å². The minimum atomic E-state index is 0.662. The van der Waals surface area contributed by atoms with Gasteiger partial charge in [-0.2, -0.15) is 0 Å². The lowest BCUT2D eigenvalue weighted by atomic mass is 10.1. The van der Waals surface area contributed by atoms with Crippen LogP contribution < -0.4 is 10.6 Å². The summed E-state index contributed by atoms with van der Waals surface area (Å²) in [6.45, 7) is 2.88. The normalized spacial score (nSPS) is 10.6. The van der Waals surface area contributed by atoms with Gasteiger partial charge in [0.1, 0.15) is 0 Å². The third-order valence-corrected chi connectivity index (χ3v) is 3.96. The molecule has 0 atom stereocenters. The second-order valence-corrected chi connectivity index (χ2v) is 5.75. The van der Waals surface area contributed by atoms with Gasteiger partial charge in [-0.1, -0.05) is 30.3 Å². The topological polar surface area (TPSA) is 39.8 Å². The number of hydrogen-bond acceptors (Lipinski definition) is 1. The molecule has 0 amide bonds. The maximum atomic E-state index is 5.35. The molecule has 3 nitrogen and oxygen atoms in total. The van der Waals surface area contributed by atoms with Gasteiger partial charge in [0.15, 0.2) is 5.11 Å². The van der Waals surface area contributed by atoms with Gasteiger partial charge < -0.3 is 15.6 Å². The zero-order chi connectivity index (χ0) is 15.4. The summed E-state index contributed by atoms with van der Waals surface area (Å²) in [7, 11) is 0. The molecule has 3 N–H and O–H groups in total. The van der Waals surface area contributed by atoms with Crippen molar-refractivity contribution in [2.24, 2.45) is 0 Å². The molecule has 0 aliphatic carbocycles. The molecule has 0 unspecified atom stereocenters. The fourth-order valence-electron chi connectivity index (χ4n) is 2.45. The van der Waals surface area contributed by atoms with Crippen LogP contribution in [0.25, 0.3) is 10.9 Å². The van der Waals surface area contributed by atoms with Gasteiger partial charge in [-0.3, -0.25) is 0 Å². The zero-order valence-corrected chi connectivity index (χ0v) is 13.3. The highest BCUT2D eigenvalue weighted by Crippen LogP contribution is 2.15. The number of aromatic nitrogens is 1. The summed E-state index contributed by atoms with van der Waals surface area (Å²) in [5, 5.41) is 8.40. The number of aryl methyl sites for hydroxylation is 1. The fraction of sp³-hybridized carbons (Fsp3) is 0.167. The molecule has 0 aliphatic heterocycles. The number of anilines is 1. The lowest BCUT2D eigenvalue weighted by Crippen LogP contribution is -2.30. The van der Waals surface area contributed by atoms with Crippen molar-refractivity contribution in [2.45, 2.75) is 13.3 Å². The van der Waals surface area contributed by atoms with E-state index in [2.05, 4.69) is 52.9 Å². The summed E-state index contributed by atoms with van der Waals surface area (Å²) in [4.78, 5) is 3.24. The number of nitrogens with one attached hydrogen (secondary N) is 3. The van der Waals surface area contributed by atoms with Crippen molar-refractivity contribution in [3.05, 3.63) is 65.9 Å². The molecular weight excluding hydrogens is 290 g/mol. The van der Waals surface area contributed by atoms with Crippen LogP contribution in [-0.4, -0.2) is 16.6 Å². The highest BCUT2D eigenvalue weighted by Gasteiger charge is 2.01. The third-order valence-electron chi connectivity index (χ3n) is 3.71. The Morgan fingerprint density at radius 3 is 2.86 bits per heavy atom. The van der Waals surface area contributed by atoms with Crippen molar-refractivity contribution in [1.82, 2.24) is 10.3 Å². The van der Waals surface area contributed by atoms with Gasteiger partial charge in [0.2, 0.25) is 0 Å². The summed E-state index contributed by atoms with van der Waals surface area (Å²) in [5.41, 5.74) is 4.70. The Kier molecular flexibility index (Phi) is 4.39. The number of hydrogen-bond donors (Lipinski definition) is 3. The van der Waals surface area contributed by atoms with E-state index in [4.69, 9.17) is 12.2 Å². The summed E-state index contributed by atoms with van der Waals surface area (Å²) >= 11 is 5.35. The zero-order valence-electron chi connectivity index (χ0n) is 12.5. The van der Waals surface area contributed by atoms with Crippen LogP contribution in [0.3, 0.4) is 0 Å². The van der Waals surface area contributed by atoms with Crippen LogP contribution in [0.1, 0.15) is 11.1 Å². The van der Waals surface area contributed by atoms with Crippen LogP contribution in [-0.2, 0) is 6.42 Å². The van der Waals surface area contributed by atoms with Crippen molar-refractivity contribution < 1.29 is 0 Å². The van der Waals surface area contributed by atoms with E-state index in [1.807, 2.05) is 24.4 Å². The van der Waals surface area contributed by atoms with Crippen molar-refractivity contribution in [2.75, 3.05) is 11.9 Å². The Labute approximate surface area is 135 Å². The van der Waals surface area contributed by atoms with Crippen LogP contribution in [0.15, 0.2) is 54.7 Å². The average molecular weight is 309 g/mol. The smallest absolute Gasteiger partial charge is 0.170 e. The van der Waals surface area contributed by atoms with Crippen LogP contribution >= 0.6 is 12.2 Å². The first-order valence-electron chi connectivity index (χ1n) is 7.39. The lowest BCUT2D eigenvalue weighted by Gasteiger charge is -2.12. The highest BCUT2D eigenvalue weighted by atomic mass is 32.1. The molecule has 3 aromatic rings. The lowest BCUT2D eigenvalue weighted by molar-refractivity contribution is 0.874. The summed E-state index contributed by atoms with van der Waals surface area (Å²) in [6, 6.07) is 16.7. The maximum Gasteiger partial charge on any atom is 0.170 e. The Bertz CT molecular complexity index is 792. The second kappa shape index (κ2) is 6.62. The van der Waals surface area contributed by atoms with E-state index in [1.165, 1.54) is 22.0 Å². The molecule has 4 heteroatoms. The van der Waals surface area contributed by atoms with E-state index in [0.29, 0.717) is 5.11 Å². The van der Waals surface area contributed by atoms with Crippen molar-refractivity contribution in [1.29, 1.82) is 0 Å². The molecule has 0 saturated carbocycles. The van der Waals surface area contributed by atoms with Crippen molar-refractivity contribution >= 4 is 33.9 Å². The van der Waals surface area contributed by atoms with Crippen LogP contribution in [0.2, 0.25) is 0 Å². The Balaban J connectivity index is 1.52. The molecule has 22 heavy (non-hydrogen) atoms. The largest absolute Gasteiger partial charge is 0.362 e. The molecule has 0 radical (unpaired) electrons. The van der Waals surface area contributed by atoms with E-state index in [9.17, 15) is 0 Å². The highest BCUT2D eigenvalue weighted by molar-refractivity contribution is 7.80. The first-order valence-corrected chi connectivity index (χ1v) is 7.80. The van der Waals surface area contributed by atoms with E-state index < -0.39 is 0 Å². The van der Waals surface area contributed by atoms with E-state index >= 15 is 0 Å².